The van der Waals surface area contributed by atoms with Crippen molar-refractivity contribution in [3.05, 3.63) is 23.3 Å². The van der Waals surface area contributed by atoms with Crippen LogP contribution >= 0.6 is 23.1 Å². The van der Waals surface area contributed by atoms with Crippen molar-refractivity contribution >= 4 is 38.3 Å². The number of ether oxygens (including phenoxy) is 1. The van der Waals surface area contributed by atoms with Crippen molar-refractivity contribution in [2.45, 2.75) is 36.4 Å². The molecule has 0 radical (unpaired) electrons. The van der Waals surface area contributed by atoms with Crippen LogP contribution < -0.4 is 9.46 Å². The molecule has 0 amide bonds. The van der Waals surface area contributed by atoms with E-state index in [1.807, 2.05) is 6.92 Å². The third-order valence-corrected chi connectivity index (χ3v) is 6.83. The number of thioether (sulfide) groups is 1. The van der Waals surface area contributed by atoms with Crippen molar-refractivity contribution in [2.24, 2.45) is 0 Å². The highest BCUT2D eigenvalue weighted by molar-refractivity contribution is 8.01. The third kappa shape index (κ3) is 4.36. The molecule has 0 atom stereocenters. The summed E-state index contributed by atoms with van der Waals surface area (Å²) < 4.78 is 33.6. The number of nitrogens with zero attached hydrogens (tertiary/aromatic N) is 2. The summed E-state index contributed by atoms with van der Waals surface area (Å²) in [4.78, 5) is 0.216. The van der Waals surface area contributed by atoms with Crippen molar-refractivity contribution in [1.29, 1.82) is 0 Å². The van der Waals surface area contributed by atoms with E-state index in [4.69, 9.17) is 4.74 Å². The first-order chi connectivity index (χ1) is 10.9. The molecular formula is C14H19N3O3S3. The minimum Gasteiger partial charge on any atom is -0.496 e. The highest BCUT2D eigenvalue weighted by atomic mass is 32.2. The number of rotatable bonds is 7. The minimum absolute atomic E-state index is 0.216. The predicted octanol–water partition coefficient (Wildman–Crippen LogP) is 3.47. The molecule has 1 heterocycles. The van der Waals surface area contributed by atoms with Crippen molar-refractivity contribution in [3.63, 3.8) is 0 Å². The number of nitrogens with one attached hydrogen (secondary N) is 1. The molecular weight excluding hydrogens is 354 g/mol. The Morgan fingerprint density at radius 3 is 2.65 bits per heavy atom. The quantitative estimate of drug-likeness (QED) is 0.749. The number of methoxy groups -OCH3 is 1. The molecule has 23 heavy (non-hydrogen) atoms. The lowest BCUT2D eigenvalue weighted by Gasteiger charge is -2.12. The first-order valence-electron chi connectivity index (χ1n) is 7.01. The molecule has 0 aliphatic rings. The Kier molecular flexibility index (Phi) is 5.88. The van der Waals surface area contributed by atoms with Gasteiger partial charge >= 0.3 is 0 Å². The van der Waals surface area contributed by atoms with E-state index in [1.54, 1.807) is 37.9 Å². The molecule has 0 aliphatic heterocycles. The van der Waals surface area contributed by atoms with Crippen LogP contribution in [-0.2, 0) is 10.0 Å². The van der Waals surface area contributed by atoms with Crippen LogP contribution in [0.1, 0.15) is 24.5 Å². The Hall–Kier alpha value is -1.32. The molecule has 1 aromatic carbocycles. The van der Waals surface area contributed by atoms with Gasteiger partial charge in [-0.2, -0.15) is 0 Å². The van der Waals surface area contributed by atoms with Crippen molar-refractivity contribution in [3.8, 4) is 5.75 Å². The second-order valence-electron chi connectivity index (χ2n) is 4.91. The normalized spacial score (nSPS) is 11.5. The van der Waals surface area contributed by atoms with E-state index in [-0.39, 0.29) is 10.0 Å². The maximum absolute atomic E-state index is 12.6. The summed E-state index contributed by atoms with van der Waals surface area (Å²) in [5.74, 6) is 1.59. The number of hydrogen-bond donors (Lipinski definition) is 1. The maximum atomic E-state index is 12.6. The van der Waals surface area contributed by atoms with Gasteiger partial charge in [0.25, 0.3) is 10.0 Å². The molecule has 0 unspecified atom stereocenters. The Morgan fingerprint density at radius 2 is 2.00 bits per heavy atom. The number of aryl methyl sites for hydroxylation is 2. The van der Waals surface area contributed by atoms with Gasteiger partial charge in [0, 0.05) is 5.75 Å². The van der Waals surface area contributed by atoms with Gasteiger partial charge in [0.15, 0.2) is 4.34 Å². The standard InChI is InChI=1S/C14H19N3O3S3/c1-5-6-21-14-16-15-13(22-14)17-23(18,19)12-8-9(2)11(20-4)7-10(12)3/h7-8H,5-6H2,1-4H3,(H,15,17). The largest absolute Gasteiger partial charge is 0.496 e. The molecule has 1 aromatic heterocycles. The van der Waals surface area contributed by atoms with Gasteiger partial charge in [-0.05, 0) is 43.5 Å². The Bertz CT molecular complexity index is 788. The van der Waals surface area contributed by atoms with Crippen molar-refractivity contribution < 1.29 is 13.2 Å². The van der Waals surface area contributed by atoms with E-state index in [2.05, 4.69) is 21.8 Å². The molecule has 1 N–H and O–H groups in total. The van der Waals surface area contributed by atoms with Crippen LogP contribution in [0.4, 0.5) is 5.13 Å². The number of sulfonamides is 1. The molecule has 0 aliphatic carbocycles. The van der Waals surface area contributed by atoms with Crippen molar-refractivity contribution in [1.82, 2.24) is 10.2 Å². The smallest absolute Gasteiger partial charge is 0.263 e. The number of aromatic nitrogens is 2. The molecule has 126 valence electrons. The molecule has 2 rings (SSSR count). The molecule has 2 aromatic rings. The van der Waals surface area contributed by atoms with E-state index in [0.717, 1.165) is 22.1 Å². The van der Waals surface area contributed by atoms with Gasteiger partial charge in [0.2, 0.25) is 5.13 Å². The fraction of sp³-hybridized carbons (Fsp3) is 0.429. The van der Waals surface area contributed by atoms with Crippen LogP contribution in [0.25, 0.3) is 0 Å². The third-order valence-electron chi connectivity index (χ3n) is 3.04. The average molecular weight is 374 g/mol. The lowest BCUT2D eigenvalue weighted by atomic mass is 10.1. The second-order valence-corrected chi connectivity index (χ2v) is 8.88. The molecule has 9 heteroatoms. The summed E-state index contributed by atoms with van der Waals surface area (Å²) in [7, 11) is -2.15. The summed E-state index contributed by atoms with van der Waals surface area (Å²) >= 11 is 2.80. The SMILES string of the molecule is CCCSc1nnc(NS(=O)(=O)c2cc(C)c(OC)cc2C)s1. The summed E-state index contributed by atoms with van der Waals surface area (Å²) in [6.45, 7) is 5.62. The fourth-order valence-electron chi connectivity index (χ4n) is 1.94. The first kappa shape index (κ1) is 18.0. The van der Waals surface area contributed by atoms with Gasteiger partial charge in [-0.1, -0.05) is 30.0 Å². The van der Waals surface area contributed by atoms with Gasteiger partial charge in [0.05, 0.1) is 12.0 Å². The number of hydrogen-bond acceptors (Lipinski definition) is 7. The van der Waals surface area contributed by atoms with Crippen LogP contribution in [0.5, 0.6) is 5.75 Å². The predicted molar refractivity (Wildman–Crippen MR) is 94.2 cm³/mol. The molecule has 0 bridgehead atoms. The van der Waals surface area contributed by atoms with E-state index in [1.165, 1.54) is 11.3 Å². The highest BCUT2D eigenvalue weighted by Crippen LogP contribution is 2.30. The van der Waals surface area contributed by atoms with E-state index >= 15 is 0 Å². The topological polar surface area (TPSA) is 81.2 Å². The molecule has 0 saturated heterocycles. The number of benzene rings is 1. The van der Waals surface area contributed by atoms with Crippen LogP contribution in [0.2, 0.25) is 0 Å². The Labute approximate surface area is 144 Å². The zero-order chi connectivity index (χ0) is 17.0. The molecule has 6 nitrogen and oxygen atoms in total. The molecule has 0 spiro atoms. The van der Waals surface area contributed by atoms with E-state index in [0.29, 0.717) is 11.3 Å². The lowest BCUT2D eigenvalue weighted by Crippen LogP contribution is -2.14. The van der Waals surface area contributed by atoms with Gasteiger partial charge in [-0.3, -0.25) is 4.72 Å². The Balaban J connectivity index is 2.25. The second kappa shape index (κ2) is 7.50. The lowest BCUT2D eigenvalue weighted by molar-refractivity contribution is 0.411. The fourth-order valence-corrected chi connectivity index (χ4v) is 5.16. The summed E-state index contributed by atoms with van der Waals surface area (Å²) in [6, 6.07) is 3.32. The summed E-state index contributed by atoms with van der Waals surface area (Å²) in [6.07, 6.45) is 1.02. The van der Waals surface area contributed by atoms with Gasteiger partial charge in [0.1, 0.15) is 5.75 Å². The maximum Gasteiger partial charge on any atom is 0.263 e. The van der Waals surface area contributed by atoms with E-state index in [9.17, 15) is 8.42 Å². The van der Waals surface area contributed by atoms with Crippen LogP contribution in [-0.4, -0.2) is 31.5 Å². The van der Waals surface area contributed by atoms with E-state index < -0.39 is 10.0 Å². The van der Waals surface area contributed by atoms with Crippen LogP contribution in [0, 0.1) is 13.8 Å². The number of anilines is 1. The monoisotopic (exact) mass is 373 g/mol. The highest BCUT2D eigenvalue weighted by Gasteiger charge is 2.20. The van der Waals surface area contributed by atoms with Crippen LogP contribution in [0.3, 0.4) is 0 Å². The molecule has 0 fully saturated rings. The van der Waals surface area contributed by atoms with Gasteiger partial charge in [-0.15, -0.1) is 10.2 Å². The zero-order valence-corrected chi connectivity index (χ0v) is 15.9. The first-order valence-corrected chi connectivity index (χ1v) is 10.3. The molecule has 0 saturated carbocycles. The minimum atomic E-state index is -3.71. The van der Waals surface area contributed by atoms with Crippen molar-refractivity contribution in [2.75, 3.05) is 17.6 Å². The Morgan fingerprint density at radius 1 is 1.26 bits per heavy atom. The van der Waals surface area contributed by atoms with Gasteiger partial charge in [-0.25, -0.2) is 8.42 Å². The average Bonchev–Trinajstić information content (AvgIpc) is 2.93. The summed E-state index contributed by atoms with van der Waals surface area (Å²) in [5, 5.41) is 8.16. The van der Waals surface area contributed by atoms with Crippen LogP contribution in [0.15, 0.2) is 21.4 Å². The van der Waals surface area contributed by atoms with Gasteiger partial charge < -0.3 is 4.74 Å². The summed E-state index contributed by atoms with van der Waals surface area (Å²) in [5.41, 5.74) is 1.37. The zero-order valence-electron chi connectivity index (χ0n) is 13.4.